The molecule has 1 saturated heterocycles. The van der Waals surface area contributed by atoms with Crippen LogP contribution in [0, 0.1) is 5.92 Å². The minimum absolute atomic E-state index is 0.0454. The molecule has 1 atom stereocenters. The molecule has 1 unspecified atom stereocenters. The maximum absolute atomic E-state index is 12.3. The van der Waals surface area contributed by atoms with Gasteiger partial charge in [-0.1, -0.05) is 11.6 Å². The Bertz CT molecular complexity index is 651. The van der Waals surface area contributed by atoms with Crippen molar-refractivity contribution in [1.82, 2.24) is 20.0 Å². The van der Waals surface area contributed by atoms with Gasteiger partial charge in [0.1, 0.15) is 6.04 Å². The van der Waals surface area contributed by atoms with Gasteiger partial charge in [0, 0.05) is 30.4 Å². The molecular weight excluding hydrogens is 268 g/mol. The molecule has 0 bridgehead atoms. The normalized spacial score (nSPS) is 21.7. The van der Waals surface area contributed by atoms with Crippen molar-refractivity contribution in [1.29, 1.82) is 0 Å². The van der Waals surface area contributed by atoms with E-state index in [-0.39, 0.29) is 17.9 Å². The van der Waals surface area contributed by atoms with Crippen molar-refractivity contribution in [2.24, 2.45) is 5.92 Å². The Balaban J connectivity index is 1.52. The molecule has 0 radical (unpaired) electrons. The van der Waals surface area contributed by atoms with Crippen LogP contribution in [0.5, 0.6) is 0 Å². The molecule has 4 rings (SSSR count). The number of amides is 1. The summed E-state index contributed by atoms with van der Waals surface area (Å²) in [5, 5.41) is 4.00. The van der Waals surface area contributed by atoms with Crippen molar-refractivity contribution in [2.75, 3.05) is 6.54 Å². The average Bonchev–Trinajstić information content (AvgIpc) is 2.85. The van der Waals surface area contributed by atoms with E-state index in [1.807, 2.05) is 17.0 Å². The lowest BCUT2D eigenvalue weighted by atomic mass is 9.83. The minimum atomic E-state index is -0.0454. The summed E-state index contributed by atoms with van der Waals surface area (Å²) < 4.78 is 5.35. The summed E-state index contributed by atoms with van der Waals surface area (Å²) in [6.45, 7) is 0.796. The molecular formula is C15H16N4O2. The van der Waals surface area contributed by atoms with Crippen LogP contribution in [-0.4, -0.2) is 32.5 Å². The van der Waals surface area contributed by atoms with Gasteiger partial charge in [0.2, 0.25) is 17.6 Å². The number of pyridine rings is 1. The highest BCUT2D eigenvalue weighted by atomic mass is 16.5. The molecule has 0 aromatic carbocycles. The Morgan fingerprint density at radius 3 is 2.86 bits per heavy atom. The van der Waals surface area contributed by atoms with E-state index in [2.05, 4.69) is 15.1 Å². The fourth-order valence-corrected chi connectivity index (χ4v) is 2.78. The van der Waals surface area contributed by atoms with Crippen LogP contribution in [0.15, 0.2) is 29.0 Å². The van der Waals surface area contributed by atoms with E-state index in [0.29, 0.717) is 11.7 Å². The van der Waals surface area contributed by atoms with E-state index in [1.54, 1.807) is 12.4 Å². The lowest BCUT2D eigenvalue weighted by Crippen LogP contribution is -2.49. The number of hydrogen-bond acceptors (Lipinski definition) is 5. The van der Waals surface area contributed by atoms with Crippen molar-refractivity contribution >= 4 is 5.91 Å². The van der Waals surface area contributed by atoms with Gasteiger partial charge in [0.25, 0.3) is 0 Å². The predicted molar refractivity (Wildman–Crippen MR) is 73.9 cm³/mol. The highest BCUT2D eigenvalue weighted by Gasteiger charge is 2.41. The molecule has 2 fully saturated rings. The molecule has 2 aromatic heterocycles. The molecule has 0 spiro atoms. The number of rotatable bonds is 3. The zero-order chi connectivity index (χ0) is 14.2. The van der Waals surface area contributed by atoms with Crippen LogP contribution in [-0.2, 0) is 4.79 Å². The summed E-state index contributed by atoms with van der Waals surface area (Å²) in [6, 6.07) is 3.68. The van der Waals surface area contributed by atoms with E-state index >= 15 is 0 Å². The summed E-state index contributed by atoms with van der Waals surface area (Å²) in [5.74, 6) is 1.53. The standard InChI is InChI=1S/C15H16N4O2/c20-15(10-3-1-4-10)19-8-6-12(19)14-17-13(18-21-14)11-5-2-7-16-9-11/h2,5,7,9-10,12H,1,3-4,6,8H2. The average molecular weight is 284 g/mol. The number of carbonyl (C=O) groups is 1. The van der Waals surface area contributed by atoms with Gasteiger partial charge in [0.05, 0.1) is 0 Å². The summed E-state index contributed by atoms with van der Waals surface area (Å²) in [4.78, 5) is 22.6. The van der Waals surface area contributed by atoms with Gasteiger partial charge in [-0.3, -0.25) is 9.78 Å². The van der Waals surface area contributed by atoms with Gasteiger partial charge in [-0.25, -0.2) is 0 Å². The maximum atomic E-state index is 12.3. The molecule has 1 aliphatic carbocycles. The number of hydrogen-bond donors (Lipinski definition) is 0. The first-order chi connectivity index (χ1) is 10.3. The fourth-order valence-electron chi connectivity index (χ4n) is 2.78. The highest BCUT2D eigenvalue weighted by molar-refractivity contribution is 5.80. The number of aromatic nitrogens is 3. The molecule has 21 heavy (non-hydrogen) atoms. The molecule has 108 valence electrons. The third-order valence-electron chi connectivity index (χ3n) is 4.40. The van der Waals surface area contributed by atoms with E-state index in [4.69, 9.17) is 4.52 Å². The SMILES string of the molecule is O=C(C1CCC1)N1CCC1c1nc(-c2cccnc2)no1. The Morgan fingerprint density at radius 1 is 1.33 bits per heavy atom. The second kappa shape index (κ2) is 4.95. The Labute approximate surface area is 122 Å². The smallest absolute Gasteiger partial charge is 0.249 e. The van der Waals surface area contributed by atoms with Crippen LogP contribution in [0.1, 0.15) is 37.6 Å². The molecule has 1 saturated carbocycles. The zero-order valence-corrected chi connectivity index (χ0v) is 11.6. The molecule has 2 aromatic rings. The van der Waals surface area contributed by atoms with Crippen LogP contribution in [0.25, 0.3) is 11.4 Å². The van der Waals surface area contributed by atoms with Gasteiger partial charge in [0.15, 0.2) is 0 Å². The van der Waals surface area contributed by atoms with Crippen molar-refractivity contribution < 1.29 is 9.32 Å². The van der Waals surface area contributed by atoms with E-state index in [9.17, 15) is 4.79 Å². The third kappa shape index (κ3) is 2.11. The Hall–Kier alpha value is -2.24. The third-order valence-corrected chi connectivity index (χ3v) is 4.40. The van der Waals surface area contributed by atoms with Gasteiger partial charge in [-0.2, -0.15) is 4.98 Å². The summed E-state index contributed by atoms with van der Waals surface area (Å²) in [6.07, 6.45) is 7.51. The molecule has 1 aliphatic heterocycles. The first kappa shape index (κ1) is 12.5. The Morgan fingerprint density at radius 2 is 2.24 bits per heavy atom. The number of nitrogens with zero attached hydrogens (tertiary/aromatic N) is 4. The quantitative estimate of drug-likeness (QED) is 0.864. The monoisotopic (exact) mass is 284 g/mol. The van der Waals surface area contributed by atoms with Crippen molar-refractivity contribution in [2.45, 2.75) is 31.7 Å². The molecule has 0 N–H and O–H groups in total. The summed E-state index contributed by atoms with van der Waals surface area (Å²) >= 11 is 0. The van der Waals surface area contributed by atoms with Gasteiger partial charge < -0.3 is 9.42 Å². The lowest BCUT2D eigenvalue weighted by Gasteiger charge is -2.42. The minimum Gasteiger partial charge on any atom is -0.337 e. The second-order valence-corrected chi connectivity index (χ2v) is 5.66. The van der Waals surface area contributed by atoms with Crippen LogP contribution < -0.4 is 0 Å². The van der Waals surface area contributed by atoms with Crippen molar-refractivity contribution in [3.05, 3.63) is 30.4 Å². The molecule has 2 aliphatic rings. The van der Waals surface area contributed by atoms with Gasteiger partial charge >= 0.3 is 0 Å². The van der Waals surface area contributed by atoms with Gasteiger partial charge in [-0.15, -0.1) is 0 Å². The van der Waals surface area contributed by atoms with Crippen molar-refractivity contribution in [3.8, 4) is 11.4 Å². The van der Waals surface area contributed by atoms with Crippen molar-refractivity contribution in [3.63, 3.8) is 0 Å². The number of likely N-dealkylation sites (tertiary alicyclic amines) is 1. The van der Waals surface area contributed by atoms with Crippen LogP contribution in [0.3, 0.4) is 0 Å². The summed E-state index contributed by atoms with van der Waals surface area (Å²) in [7, 11) is 0. The molecule has 6 nitrogen and oxygen atoms in total. The molecule has 3 heterocycles. The number of carbonyl (C=O) groups excluding carboxylic acids is 1. The van der Waals surface area contributed by atoms with Crippen LogP contribution in [0.2, 0.25) is 0 Å². The summed E-state index contributed by atoms with van der Waals surface area (Å²) in [5.41, 5.74) is 0.823. The second-order valence-electron chi connectivity index (χ2n) is 5.66. The predicted octanol–water partition coefficient (Wildman–Crippen LogP) is 2.21. The highest BCUT2D eigenvalue weighted by Crippen LogP contribution is 2.38. The van der Waals surface area contributed by atoms with E-state index in [0.717, 1.165) is 31.4 Å². The lowest BCUT2D eigenvalue weighted by molar-refractivity contribution is -0.147. The van der Waals surface area contributed by atoms with E-state index in [1.165, 1.54) is 6.42 Å². The first-order valence-corrected chi connectivity index (χ1v) is 7.37. The zero-order valence-electron chi connectivity index (χ0n) is 11.6. The first-order valence-electron chi connectivity index (χ1n) is 7.37. The van der Waals surface area contributed by atoms with Crippen LogP contribution >= 0.6 is 0 Å². The topological polar surface area (TPSA) is 72.1 Å². The largest absolute Gasteiger partial charge is 0.337 e. The maximum Gasteiger partial charge on any atom is 0.249 e. The van der Waals surface area contributed by atoms with E-state index < -0.39 is 0 Å². The molecule has 1 amide bonds. The van der Waals surface area contributed by atoms with Gasteiger partial charge in [-0.05, 0) is 31.4 Å². The van der Waals surface area contributed by atoms with Crippen LogP contribution in [0.4, 0.5) is 0 Å². The fraction of sp³-hybridized carbons (Fsp3) is 0.467. The Kier molecular flexibility index (Phi) is 2.94. The molecule has 6 heteroatoms.